The van der Waals surface area contributed by atoms with E-state index in [1.54, 1.807) is 65.9 Å². The number of hydrogen-bond acceptors (Lipinski definition) is 12. The van der Waals surface area contributed by atoms with Crippen molar-refractivity contribution in [2.24, 2.45) is 4.99 Å². The van der Waals surface area contributed by atoms with Crippen LogP contribution in [0.15, 0.2) is 102 Å². The number of nitrogens with two attached hydrogens (primary N) is 1. The summed E-state index contributed by atoms with van der Waals surface area (Å²) in [5.74, 6) is 0.638. The summed E-state index contributed by atoms with van der Waals surface area (Å²) in [6, 6.07) is 19.2. The van der Waals surface area contributed by atoms with E-state index >= 15 is 4.79 Å². The smallest absolute Gasteiger partial charge is 0.326 e. The van der Waals surface area contributed by atoms with Crippen LogP contribution in [0.1, 0.15) is 123 Å². The maximum absolute atomic E-state index is 15.0. The molecule has 80 heavy (non-hydrogen) atoms. The molecule has 3 aliphatic heterocycles. The molecule has 2 bridgehead atoms. The Morgan fingerprint density at radius 2 is 1.74 bits per heavy atom. The second-order valence-electron chi connectivity index (χ2n) is 20.4. The third kappa shape index (κ3) is 13.1. The van der Waals surface area contributed by atoms with Crippen molar-refractivity contribution in [2.75, 3.05) is 52.6 Å². The number of methoxy groups -OCH3 is 1. The fourth-order valence-corrected chi connectivity index (χ4v) is 10.6. The summed E-state index contributed by atoms with van der Waals surface area (Å²) < 4.78 is 34.1. The van der Waals surface area contributed by atoms with Crippen LogP contribution in [0.5, 0.6) is 17.2 Å². The molecule has 1 saturated heterocycles. The Morgan fingerprint density at radius 1 is 1.00 bits per heavy atom. The molecular formula is C60H69ClFN11O7. The number of carbonyl (C=O) groups is 4. The number of halogens is 2. The molecule has 0 saturated carbocycles. The highest BCUT2D eigenvalue weighted by atomic mass is 35.5. The summed E-state index contributed by atoms with van der Waals surface area (Å²) >= 11 is 6.32. The first-order valence-electron chi connectivity index (χ1n) is 27.1. The average molecular weight is 1110 g/mol. The largest absolute Gasteiger partial charge is 0.497 e. The van der Waals surface area contributed by atoms with Gasteiger partial charge in [0.05, 0.1) is 43.6 Å². The van der Waals surface area contributed by atoms with Crippen molar-refractivity contribution >= 4 is 47.0 Å². The predicted molar refractivity (Wildman–Crippen MR) is 304 cm³/mol. The number of amides is 5. The standard InChI is InChI=1S/C60H69ClFN11O7/c1-8-39(9-2)56-55(40-17-19-42(61)20-18-40)67-58(46-24-22-44(78-7)32-50(46)79-37(3)4)73(56)60(77)71-29-28-70(53(75)36-71)26-15-13-11-10-12-14-16-52(74)65-25-27-72-49-35-69(6)59(76)45-23-21-43(62)31-47(45)38(5)80-51-30-41(34-66-57(51)64)54(49)48(33-63)68-72/h8-9,17-24,30-32,34,37-38,55-56H,1,10-16,25-29,35-36H2,2-7H3,(H2,64,66)(H,65,74)/b39-9+/t38-,55-,56+/m1/s1. The molecule has 0 unspecified atom stereocenters. The van der Waals surface area contributed by atoms with Crippen LogP contribution in [-0.4, -0.2) is 123 Å². The maximum Gasteiger partial charge on any atom is 0.326 e. The highest BCUT2D eigenvalue weighted by Crippen LogP contribution is 2.42. The molecule has 5 aromatic rings. The molecule has 3 aliphatic rings. The van der Waals surface area contributed by atoms with Crippen molar-refractivity contribution in [3.63, 3.8) is 0 Å². The number of nitrogens with one attached hydrogen (secondary N) is 1. The van der Waals surface area contributed by atoms with Crippen molar-refractivity contribution in [1.82, 2.24) is 39.7 Å². The summed E-state index contributed by atoms with van der Waals surface area (Å²) in [4.78, 5) is 71.9. The van der Waals surface area contributed by atoms with Gasteiger partial charge < -0.3 is 40.0 Å². The lowest BCUT2D eigenvalue weighted by molar-refractivity contribution is -0.135. The molecule has 2 aromatic heterocycles. The quantitative estimate of drug-likeness (QED) is 0.0586. The van der Waals surface area contributed by atoms with Gasteiger partial charge in [0.2, 0.25) is 11.8 Å². The van der Waals surface area contributed by atoms with Gasteiger partial charge in [-0.25, -0.2) is 14.2 Å². The van der Waals surface area contributed by atoms with Gasteiger partial charge in [0.1, 0.15) is 47.9 Å². The second-order valence-corrected chi connectivity index (χ2v) is 20.8. The third-order valence-corrected chi connectivity index (χ3v) is 14.8. The Balaban J connectivity index is 0.821. The molecule has 0 radical (unpaired) electrons. The van der Waals surface area contributed by atoms with Crippen LogP contribution in [0.4, 0.5) is 15.0 Å². The number of nitrogen functional groups attached to an aromatic ring is 1. The monoisotopic (exact) mass is 1110 g/mol. The van der Waals surface area contributed by atoms with E-state index in [-0.39, 0.29) is 78.9 Å². The minimum Gasteiger partial charge on any atom is -0.497 e. The van der Waals surface area contributed by atoms with Crippen LogP contribution in [0.2, 0.25) is 5.02 Å². The molecule has 8 rings (SSSR count). The Hall–Kier alpha value is -8.24. The topological polar surface area (TPSA) is 214 Å². The first kappa shape index (κ1) is 57.9. The Morgan fingerprint density at radius 3 is 2.44 bits per heavy atom. The fraction of sp³-hybridized carbons (Fsp3) is 0.400. The molecule has 420 valence electrons. The molecule has 3 aromatic carbocycles. The number of hydrogen-bond donors (Lipinski definition) is 2. The zero-order chi connectivity index (χ0) is 57.2. The van der Waals surface area contributed by atoms with Gasteiger partial charge in [-0.2, -0.15) is 10.4 Å². The number of benzene rings is 3. The number of piperazine rings is 1. The highest BCUT2D eigenvalue weighted by Gasteiger charge is 2.46. The summed E-state index contributed by atoms with van der Waals surface area (Å²) in [6.07, 6.45) is 9.68. The minimum absolute atomic E-state index is 0.0391. The van der Waals surface area contributed by atoms with Gasteiger partial charge >= 0.3 is 6.03 Å². The van der Waals surface area contributed by atoms with E-state index < -0.39 is 24.0 Å². The van der Waals surface area contributed by atoms with E-state index in [0.717, 1.165) is 43.2 Å². The molecule has 1 fully saturated rings. The Bertz CT molecular complexity index is 3230. The Labute approximate surface area is 471 Å². The summed E-state index contributed by atoms with van der Waals surface area (Å²) in [6.45, 7) is 13.2. The maximum atomic E-state index is 15.0. The van der Waals surface area contributed by atoms with Gasteiger partial charge in [0.15, 0.2) is 17.3 Å². The summed E-state index contributed by atoms with van der Waals surface area (Å²) in [5.41, 5.74) is 10.6. The molecule has 0 aliphatic carbocycles. The van der Waals surface area contributed by atoms with Crippen molar-refractivity contribution in [2.45, 2.75) is 110 Å². The van der Waals surface area contributed by atoms with Crippen molar-refractivity contribution < 1.29 is 37.8 Å². The van der Waals surface area contributed by atoms with E-state index in [1.807, 2.05) is 56.0 Å². The molecular weight excluding hydrogens is 1040 g/mol. The number of fused-ring (bicyclic) bond motifs is 5. The van der Waals surface area contributed by atoms with Gasteiger partial charge in [-0.15, -0.1) is 0 Å². The zero-order valence-corrected chi connectivity index (χ0v) is 47.0. The van der Waals surface area contributed by atoms with Gasteiger partial charge in [0, 0.05) is 79.2 Å². The van der Waals surface area contributed by atoms with E-state index in [4.69, 9.17) is 36.5 Å². The van der Waals surface area contributed by atoms with E-state index in [9.17, 15) is 24.0 Å². The molecule has 5 amide bonds. The zero-order valence-electron chi connectivity index (χ0n) is 46.2. The summed E-state index contributed by atoms with van der Waals surface area (Å²) in [5, 5.41) is 18.4. The lowest BCUT2D eigenvalue weighted by Crippen LogP contribution is -2.57. The lowest BCUT2D eigenvalue weighted by atomic mass is 9.93. The molecule has 20 heteroatoms. The fourth-order valence-electron chi connectivity index (χ4n) is 10.4. The number of anilines is 1. The van der Waals surface area contributed by atoms with E-state index in [2.05, 4.69) is 28.0 Å². The Kier molecular flexibility index (Phi) is 18.9. The van der Waals surface area contributed by atoms with E-state index in [0.29, 0.717) is 82.8 Å². The number of unbranched alkanes of at least 4 members (excludes halogenated alkanes) is 5. The number of amidine groups is 1. The normalized spacial score (nSPS) is 17.4. The number of nitriles is 1. The molecule has 0 spiro atoms. The highest BCUT2D eigenvalue weighted by molar-refractivity contribution is 6.30. The van der Waals surface area contributed by atoms with Gasteiger partial charge in [-0.05, 0) is 100 Å². The van der Waals surface area contributed by atoms with Crippen LogP contribution in [0, 0.1) is 17.1 Å². The van der Waals surface area contributed by atoms with Gasteiger partial charge in [0.25, 0.3) is 5.91 Å². The van der Waals surface area contributed by atoms with Gasteiger partial charge in [-0.1, -0.05) is 68.1 Å². The number of aromatic nitrogens is 3. The van der Waals surface area contributed by atoms with Crippen LogP contribution < -0.4 is 25.3 Å². The number of rotatable bonds is 19. The van der Waals surface area contributed by atoms with Crippen LogP contribution in [-0.2, 0) is 22.7 Å². The molecule has 5 heterocycles. The second kappa shape index (κ2) is 26.1. The average Bonchev–Trinajstić information content (AvgIpc) is 4.13. The number of nitrogens with zero attached hydrogens (tertiary/aromatic N) is 9. The molecule has 18 nitrogen and oxygen atoms in total. The third-order valence-electron chi connectivity index (χ3n) is 14.6. The number of ether oxygens (including phenoxy) is 3. The number of aliphatic imine (C=N–C) groups is 1. The van der Waals surface area contributed by atoms with Gasteiger partial charge in [-0.3, -0.25) is 29.0 Å². The van der Waals surface area contributed by atoms with Crippen LogP contribution in [0.25, 0.3) is 11.1 Å². The first-order valence-corrected chi connectivity index (χ1v) is 27.5. The lowest BCUT2D eigenvalue weighted by Gasteiger charge is -2.39. The van der Waals surface area contributed by atoms with Crippen molar-refractivity contribution in [3.8, 4) is 34.4 Å². The number of urea groups is 1. The molecule has 3 atom stereocenters. The van der Waals surface area contributed by atoms with E-state index in [1.165, 1.54) is 29.3 Å². The molecule has 3 N–H and O–H groups in total. The van der Waals surface area contributed by atoms with Crippen LogP contribution in [0.3, 0.4) is 0 Å². The SMILES string of the molecule is C=C/C(=C\C)[C@H]1[C@@H](c2ccc(Cl)cc2)N=C(c2ccc(OC)cc2OC(C)C)N1C(=O)N1CCN(CCCCCCCCC(=O)NCCn2nc(C#N)c3c2CN(C)C(=O)c2ccc(F)cc2[C@@H](C)Oc2cc-3cnc2N)C(=O)C1. The number of pyridine rings is 1. The summed E-state index contributed by atoms with van der Waals surface area (Å²) in [7, 11) is 3.20. The first-order chi connectivity index (χ1) is 38.5. The minimum atomic E-state index is -0.765. The number of allylic oxidation sites excluding steroid dienone is 1. The number of carbonyl (C=O) groups excluding carboxylic acids is 4. The van der Waals surface area contributed by atoms with Crippen LogP contribution >= 0.6 is 11.6 Å². The predicted octanol–water partition coefficient (Wildman–Crippen LogP) is 9.83. The van der Waals surface area contributed by atoms with Crippen molar-refractivity contribution in [1.29, 1.82) is 5.26 Å². The van der Waals surface area contributed by atoms with Crippen molar-refractivity contribution in [3.05, 3.63) is 142 Å².